The van der Waals surface area contributed by atoms with Gasteiger partial charge in [0.1, 0.15) is 0 Å². The smallest absolute Gasteiger partial charge is 0.0951 e. The summed E-state index contributed by atoms with van der Waals surface area (Å²) < 4.78 is 0. The zero-order valence-corrected chi connectivity index (χ0v) is 12.3. The molecule has 0 saturated carbocycles. The number of aromatic nitrogens is 1. The predicted octanol–water partition coefficient (Wildman–Crippen LogP) is 2.28. The summed E-state index contributed by atoms with van der Waals surface area (Å²) in [4.78, 5) is 6.88. The molecule has 0 spiro atoms. The summed E-state index contributed by atoms with van der Waals surface area (Å²) in [7, 11) is 0. The molecule has 2 heterocycles. The van der Waals surface area contributed by atoms with Crippen molar-refractivity contribution in [2.24, 2.45) is 0 Å². The van der Waals surface area contributed by atoms with Crippen molar-refractivity contribution in [3.63, 3.8) is 0 Å². The number of nitrogen functional groups attached to an aromatic ring is 1. The Morgan fingerprint density at radius 1 is 1.25 bits per heavy atom. The third-order valence-electron chi connectivity index (χ3n) is 3.65. The number of thioether (sulfide) groups is 1. The van der Waals surface area contributed by atoms with Crippen LogP contribution in [-0.2, 0) is 0 Å². The van der Waals surface area contributed by atoms with Crippen LogP contribution in [0.4, 0.5) is 11.4 Å². The van der Waals surface area contributed by atoms with Gasteiger partial charge in [-0.15, -0.1) is 0 Å². The number of anilines is 2. The van der Waals surface area contributed by atoms with Crippen molar-refractivity contribution in [1.29, 1.82) is 0 Å². The maximum Gasteiger partial charge on any atom is 0.0951 e. The lowest BCUT2D eigenvalue weighted by Crippen LogP contribution is -2.36. The lowest BCUT2D eigenvalue weighted by Gasteiger charge is -2.26. The van der Waals surface area contributed by atoms with Crippen LogP contribution in [0.5, 0.6) is 0 Å². The standard InChI is InChI=1S/C15H20N4S/c16-13-3-4-14(12-2-1-5-18-15(12)13)17-6-7-19-8-10-20-11-9-19/h1-5,17H,6-11,16H2. The Morgan fingerprint density at radius 3 is 2.95 bits per heavy atom. The fourth-order valence-corrected chi connectivity index (χ4v) is 3.50. The Labute approximate surface area is 123 Å². The van der Waals surface area contributed by atoms with Crippen molar-refractivity contribution >= 4 is 34.0 Å². The fraction of sp³-hybridized carbons (Fsp3) is 0.400. The third-order valence-corrected chi connectivity index (χ3v) is 4.59. The molecular formula is C15H20N4S. The van der Waals surface area contributed by atoms with Gasteiger partial charge in [0.25, 0.3) is 0 Å². The molecule has 4 nitrogen and oxygen atoms in total. The summed E-state index contributed by atoms with van der Waals surface area (Å²) in [5, 5.41) is 4.62. The number of rotatable bonds is 4. The van der Waals surface area contributed by atoms with Gasteiger partial charge >= 0.3 is 0 Å². The first-order valence-electron chi connectivity index (χ1n) is 7.02. The lowest BCUT2D eigenvalue weighted by molar-refractivity contribution is 0.314. The third kappa shape index (κ3) is 2.99. The Balaban J connectivity index is 1.67. The summed E-state index contributed by atoms with van der Waals surface area (Å²) >= 11 is 2.05. The molecule has 0 radical (unpaired) electrons. The molecule has 0 atom stereocenters. The number of hydrogen-bond acceptors (Lipinski definition) is 5. The average molecular weight is 288 g/mol. The maximum atomic E-state index is 5.97. The molecular weight excluding hydrogens is 268 g/mol. The van der Waals surface area contributed by atoms with Crippen LogP contribution in [0.1, 0.15) is 0 Å². The Morgan fingerprint density at radius 2 is 2.10 bits per heavy atom. The fourth-order valence-electron chi connectivity index (χ4n) is 2.52. The van der Waals surface area contributed by atoms with Gasteiger partial charge in [0.15, 0.2) is 0 Å². The van der Waals surface area contributed by atoms with Gasteiger partial charge in [0.2, 0.25) is 0 Å². The van der Waals surface area contributed by atoms with Crippen LogP contribution >= 0.6 is 11.8 Å². The van der Waals surface area contributed by atoms with Crippen LogP contribution in [0.2, 0.25) is 0 Å². The molecule has 1 aliphatic heterocycles. The molecule has 1 fully saturated rings. The molecule has 0 amide bonds. The summed E-state index contributed by atoms with van der Waals surface area (Å²) in [6.07, 6.45) is 1.79. The molecule has 3 rings (SSSR count). The van der Waals surface area contributed by atoms with E-state index in [1.165, 1.54) is 24.6 Å². The topological polar surface area (TPSA) is 54.2 Å². The summed E-state index contributed by atoms with van der Waals surface area (Å²) in [6.45, 7) is 4.46. The van der Waals surface area contributed by atoms with Gasteiger partial charge in [-0.2, -0.15) is 11.8 Å². The Hall–Kier alpha value is -1.46. The minimum Gasteiger partial charge on any atom is -0.397 e. The van der Waals surface area contributed by atoms with E-state index in [0.717, 1.165) is 35.4 Å². The highest BCUT2D eigenvalue weighted by Crippen LogP contribution is 2.26. The van der Waals surface area contributed by atoms with Crippen molar-refractivity contribution in [3.05, 3.63) is 30.5 Å². The number of nitrogens with two attached hydrogens (primary N) is 1. The van der Waals surface area contributed by atoms with Crippen LogP contribution in [0.3, 0.4) is 0 Å². The quantitative estimate of drug-likeness (QED) is 0.845. The largest absolute Gasteiger partial charge is 0.397 e. The molecule has 1 aromatic heterocycles. The van der Waals surface area contributed by atoms with Crippen LogP contribution in [0.25, 0.3) is 10.9 Å². The van der Waals surface area contributed by atoms with E-state index in [1.54, 1.807) is 6.20 Å². The number of benzene rings is 1. The zero-order valence-electron chi connectivity index (χ0n) is 11.5. The molecule has 0 bridgehead atoms. The normalized spacial score (nSPS) is 16.4. The van der Waals surface area contributed by atoms with E-state index >= 15 is 0 Å². The van der Waals surface area contributed by atoms with E-state index in [1.807, 2.05) is 30.0 Å². The second kappa shape index (κ2) is 6.33. The van der Waals surface area contributed by atoms with Gasteiger partial charge < -0.3 is 11.1 Å². The SMILES string of the molecule is Nc1ccc(NCCN2CCSCC2)c2cccnc12. The van der Waals surface area contributed by atoms with Crippen LogP contribution in [0.15, 0.2) is 30.5 Å². The van der Waals surface area contributed by atoms with E-state index in [2.05, 4.69) is 21.3 Å². The first-order chi connectivity index (χ1) is 9.84. The lowest BCUT2D eigenvalue weighted by atomic mass is 10.1. The summed E-state index contributed by atoms with van der Waals surface area (Å²) in [5.74, 6) is 2.52. The monoisotopic (exact) mass is 288 g/mol. The van der Waals surface area contributed by atoms with Gasteiger partial charge in [-0.3, -0.25) is 9.88 Å². The van der Waals surface area contributed by atoms with Gasteiger partial charge in [-0.1, -0.05) is 0 Å². The van der Waals surface area contributed by atoms with E-state index in [0.29, 0.717) is 0 Å². The van der Waals surface area contributed by atoms with E-state index < -0.39 is 0 Å². The van der Waals surface area contributed by atoms with Crippen molar-refractivity contribution in [2.75, 3.05) is 48.7 Å². The van der Waals surface area contributed by atoms with Gasteiger partial charge in [-0.05, 0) is 24.3 Å². The average Bonchev–Trinajstić information content (AvgIpc) is 2.51. The molecule has 0 aliphatic carbocycles. The van der Waals surface area contributed by atoms with Crippen LogP contribution in [0, 0.1) is 0 Å². The number of nitrogens with one attached hydrogen (secondary N) is 1. The molecule has 1 aromatic carbocycles. The Kier molecular flexibility index (Phi) is 4.28. The number of nitrogens with zero attached hydrogens (tertiary/aromatic N) is 2. The van der Waals surface area contributed by atoms with E-state index in [9.17, 15) is 0 Å². The van der Waals surface area contributed by atoms with Gasteiger partial charge in [0.05, 0.1) is 11.2 Å². The summed E-state index contributed by atoms with van der Waals surface area (Å²) in [6, 6.07) is 7.99. The van der Waals surface area contributed by atoms with Gasteiger partial charge in [0, 0.05) is 55.0 Å². The maximum absolute atomic E-state index is 5.97. The second-order valence-corrected chi connectivity index (χ2v) is 6.21. The molecule has 1 aliphatic rings. The van der Waals surface area contributed by atoms with Crippen molar-refractivity contribution in [1.82, 2.24) is 9.88 Å². The predicted molar refractivity (Wildman–Crippen MR) is 88.4 cm³/mol. The van der Waals surface area contributed by atoms with Crippen molar-refractivity contribution in [2.45, 2.75) is 0 Å². The Bertz CT molecular complexity index is 581. The highest BCUT2D eigenvalue weighted by molar-refractivity contribution is 7.99. The van der Waals surface area contributed by atoms with Crippen LogP contribution < -0.4 is 11.1 Å². The van der Waals surface area contributed by atoms with Crippen molar-refractivity contribution in [3.8, 4) is 0 Å². The highest BCUT2D eigenvalue weighted by Gasteiger charge is 2.10. The van der Waals surface area contributed by atoms with Crippen molar-refractivity contribution < 1.29 is 0 Å². The molecule has 0 unspecified atom stereocenters. The van der Waals surface area contributed by atoms with E-state index in [4.69, 9.17) is 5.73 Å². The first-order valence-corrected chi connectivity index (χ1v) is 8.17. The molecule has 2 aromatic rings. The highest BCUT2D eigenvalue weighted by atomic mass is 32.2. The zero-order chi connectivity index (χ0) is 13.8. The molecule has 5 heteroatoms. The van der Waals surface area contributed by atoms with Crippen LogP contribution in [-0.4, -0.2) is 47.6 Å². The number of pyridine rings is 1. The second-order valence-electron chi connectivity index (χ2n) is 4.98. The molecule has 1 saturated heterocycles. The molecule has 106 valence electrons. The summed E-state index contributed by atoms with van der Waals surface area (Å²) in [5.41, 5.74) is 8.71. The minimum atomic E-state index is 0.735. The number of fused-ring (bicyclic) bond motifs is 1. The first kappa shape index (κ1) is 13.5. The number of hydrogen-bond donors (Lipinski definition) is 2. The van der Waals surface area contributed by atoms with E-state index in [-0.39, 0.29) is 0 Å². The minimum absolute atomic E-state index is 0.735. The molecule has 20 heavy (non-hydrogen) atoms. The molecule has 3 N–H and O–H groups in total. The van der Waals surface area contributed by atoms with Gasteiger partial charge in [-0.25, -0.2) is 0 Å².